The lowest BCUT2D eigenvalue weighted by Gasteiger charge is -2.41. The molecule has 0 fully saturated rings. The van der Waals surface area contributed by atoms with Gasteiger partial charge < -0.3 is 5.11 Å². The Morgan fingerprint density at radius 3 is 1.50 bits per heavy atom. The van der Waals surface area contributed by atoms with Crippen molar-refractivity contribution in [1.82, 2.24) is 0 Å². The zero-order chi connectivity index (χ0) is 18.1. The van der Waals surface area contributed by atoms with Gasteiger partial charge in [-0.15, -0.1) is 6.58 Å². The molecular weight excluding hydrogens is 345 g/mol. The predicted molar refractivity (Wildman–Crippen MR) is 50.7 cm³/mol. The Bertz CT molecular complexity index is 427. The van der Waals surface area contributed by atoms with Gasteiger partial charge in [-0.1, -0.05) is 6.08 Å². The van der Waals surface area contributed by atoms with Gasteiger partial charge in [-0.05, 0) is 6.42 Å². The molecule has 1 nitrogen and oxygen atoms in total. The summed E-state index contributed by atoms with van der Waals surface area (Å²) in [5, 5.41) is 8.83. The van der Waals surface area contributed by atoms with Crippen LogP contribution in [-0.4, -0.2) is 29.0 Å². The van der Waals surface area contributed by atoms with E-state index in [0.717, 1.165) is 0 Å². The number of alkyl halides is 8. The second-order valence-electron chi connectivity index (χ2n) is 4.04. The van der Waals surface area contributed by atoms with Crippen molar-refractivity contribution in [2.75, 3.05) is 0 Å². The van der Waals surface area contributed by atoms with E-state index in [0.29, 0.717) is 0 Å². The number of hydrogen-bond acceptors (Lipinski definition) is 1. The van der Waals surface area contributed by atoms with Crippen LogP contribution in [0.4, 0.5) is 48.3 Å². The molecule has 0 amide bonds. The Labute approximate surface area is 115 Å². The molecule has 1 unspecified atom stereocenters. The van der Waals surface area contributed by atoms with Crippen LogP contribution in [0.3, 0.4) is 0 Å². The van der Waals surface area contributed by atoms with Crippen molar-refractivity contribution >= 4 is 0 Å². The molecule has 0 radical (unpaired) electrons. The van der Waals surface area contributed by atoms with E-state index < -0.39 is 48.1 Å². The lowest BCUT2D eigenvalue weighted by molar-refractivity contribution is -0.399. The highest BCUT2D eigenvalue weighted by Gasteiger charge is 2.78. The van der Waals surface area contributed by atoms with Crippen LogP contribution >= 0.6 is 0 Å². The third kappa shape index (κ3) is 3.36. The molecule has 1 atom stereocenters. The maximum atomic E-state index is 13.4. The van der Waals surface area contributed by atoms with Crippen LogP contribution in [0.2, 0.25) is 0 Å². The van der Waals surface area contributed by atoms with Crippen LogP contribution in [-0.2, 0) is 0 Å². The van der Waals surface area contributed by atoms with Gasteiger partial charge in [0.25, 0.3) is 5.60 Å². The fraction of sp³-hybridized carbons (Fsp3) is 0.600. The van der Waals surface area contributed by atoms with Crippen molar-refractivity contribution in [2.45, 2.75) is 30.3 Å². The summed E-state index contributed by atoms with van der Waals surface area (Å²) in [6.45, 7) is 2.59. The van der Waals surface area contributed by atoms with Gasteiger partial charge in [-0.3, -0.25) is 0 Å². The van der Waals surface area contributed by atoms with E-state index in [1.165, 1.54) is 0 Å². The van der Waals surface area contributed by atoms with Crippen LogP contribution in [0.25, 0.3) is 0 Å². The summed E-state index contributed by atoms with van der Waals surface area (Å²) < 4.78 is 138. The highest BCUT2D eigenvalue weighted by atomic mass is 19.4. The van der Waals surface area contributed by atoms with Crippen LogP contribution in [0.1, 0.15) is 6.42 Å². The number of allylic oxidation sites excluding steroid dienone is 2. The minimum absolute atomic E-state index is 0.0739. The highest BCUT2D eigenvalue weighted by molar-refractivity contribution is 5.15. The molecular formula is C10H7F11O. The van der Waals surface area contributed by atoms with Crippen LogP contribution < -0.4 is 0 Å². The van der Waals surface area contributed by atoms with Gasteiger partial charge >= 0.3 is 24.4 Å². The number of halogens is 11. The average Bonchev–Trinajstić information content (AvgIpc) is 2.30. The van der Waals surface area contributed by atoms with E-state index in [2.05, 4.69) is 6.58 Å². The number of aliphatic hydroxyl groups is 1. The van der Waals surface area contributed by atoms with Crippen LogP contribution in [0, 0.1) is 5.92 Å². The first-order valence-electron chi connectivity index (χ1n) is 5.10. The summed E-state index contributed by atoms with van der Waals surface area (Å²) in [5.74, 6) is -14.1. The maximum absolute atomic E-state index is 13.4. The van der Waals surface area contributed by atoms with E-state index in [1.54, 1.807) is 0 Å². The highest BCUT2D eigenvalue weighted by Crippen LogP contribution is 2.55. The van der Waals surface area contributed by atoms with Crippen molar-refractivity contribution < 1.29 is 53.4 Å². The van der Waals surface area contributed by atoms with Gasteiger partial charge in [-0.2, -0.15) is 48.3 Å². The van der Waals surface area contributed by atoms with Gasteiger partial charge in [0.15, 0.2) is 0 Å². The maximum Gasteiger partial charge on any atom is 0.426 e. The first kappa shape index (κ1) is 20.7. The molecule has 22 heavy (non-hydrogen) atoms. The van der Waals surface area contributed by atoms with E-state index in [4.69, 9.17) is 5.11 Å². The Hall–Kier alpha value is -1.33. The summed E-state index contributed by atoms with van der Waals surface area (Å²) in [6, 6.07) is 0. The van der Waals surface area contributed by atoms with Gasteiger partial charge in [0.05, 0.1) is 5.92 Å². The molecule has 0 aliphatic rings. The third-order valence-electron chi connectivity index (χ3n) is 2.67. The van der Waals surface area contributed by atoms with Crippen LogP contribution in [0.15, 0.2) is 24.6 Å². The van der Waals surface area contributed by atoms with Gasteiger partial charge in [-0.25, -0.2) is 0 Å². The van der Waals surface area contributed by atoms with E-state index in [1.807, 2.05) is 0 Å². The second-order valence-corrected chi connectivity index (χ2v) is 4.04. The summed E-state index contributed by atoms with van der Waals surface area (Å²) in [7, 11) is 0. The molecule has 0 aromatic heterocycles. The van der Waals surface area contributed by atoms with Crippen LogP contribution in [0.5, 0.6) is 0 Å². The molecule has 0 spiro atoms. The zero-order valence-electron chi connectivity index (χ0n) is 10.2. The number of rotatable bonds is 5. The van der Waals surface area contributed by atoms with Crippen molar-refractivity contribution in [3.63, 3.8) is 0 Å². The molecule has 0 saturated heterocycles. The molecule has 0 rings (SSSR count). The SMILES string of the molecule is C=CCC(C(F)(F)C(F)=C(F)F)C(O)(C(F)(F)F)C(F)(F)F. The largest absolute Gasteiger partial charge is 0.426 e. The van der Waals surface area contributed by atoms with Crippen molar-refractivity contribution in [2.24, 2.45) is 5.92 Å². The Morgan fingerprint density at radius 1 is 0.909 bits per heavy atom. The Morgan fingerprint density at radius 2 is 1.27 bits per heavy atom. The summed E-state index contributed by atoms with van der Waals surface area (Å²) in [4.78, 5) is 0. The molecule has 0 bridgehead atoms. The fourth-order valence-electron chi connectivity index (χ4n) is 1.58. The standard InChI is InChI=1S/C10H7F11O/c1-2-3-4(7(14,15)5(11)6(12)13)8(22,9(16,17)18)10(19,20)21/h2,4,22H,1,3H2. The van der Waals surface area contributed by atoms with E-state index >= 15 is 0 Å². The average molecular weight is 352 g/mol. The van der Waals surface area contributed by atoms with Gasteiger partial charge in [0, 0.05) is 0 Å². The summed E-state index contributed by atoms with van der Waals surface area (Å²) in [5.41, 5.74) is -6.13. The monoisotopic (exact) mass is 352 g/mol. The lowest BCUT2D eigenvalue weighted by Crippen LogP contribution is -2.65. The van der Waals surface area contributed by atoms with Crippen molar-refractivity contribution in [3.05, 3.63) is 24.6 Å². The van der Waals surface area contributed by atoms with E-state index in [9.17, 15) is 48.3 Å². The molecule has 0 aromatic carbocycles. The third-order valence-corrected chi connectivity index (χ3v) is 2.67. The minimum atomic E-state index is -6.74. The molecule has 0 aliphatic carbocycles. The topological polar surface area (TPSA) is 20.2 Å². The van der Waals surface area contributed by atoms with E-state index in [-0.39, 0.29) is 6.08 Å². The molecule has 130 valence electrons. The van der Waals surface area contributed by atoms with Gasteiger partial charge in [0.2, 0.25) is 5.83 Å². The fourth-order valence-corrected chi connectivity index (χ4v) is 1.58. The van der Waals surface area contributed by atoms with Crippen molar-refractivity contribution in [3.8, 4) is 0 Å². The molecule has 0 aromatic rings. The Balaban J connectivity index is 6.46. The molecule has 12 heteroatoms. The quantitative estimate of drug-likeness (QED) is 0.559. The smallest absolute Gasteiger partial charge is 0.373 e. The zero-order valence-corrected chi connectivity index (χ0v) is 10.2. The van der Waals surface area contributed by atoms with Crippen molar-refractivity contribution in [1.29, 1.82) is 0 Å². The normalized spacial score (nSPS) is 15.5. The first-order chi connectivity index (χ1) is 9.55. The minimum Gasteiger partial charge on any atom is -0.373 e. The molecule has 0 aliphatic heterocycles. The van der Waals surface area contributed by atoms with Gasteiger partial charge in [0.1, 0.15) is 0 Å². The first-order valence-corrected chi connectivity index (χ1v) is 5.10. The molecule has 0 heterocycles. The predicted octanol–water partition coefficient (Wildman–Crippen LogP) is 4.75. The lowest BCUT2D eigenvalue weighted by atomic mass is 9.78. The summed E-state index contributed by atoms with van der Waals surface area (Å²) >= 11 is 0. The second kappa shape index (κ2) is 6.05. The Kier molecular flexibility index (Phi) is 5.68. The number of hydrogen-bond donors (Lipinski definition) is 1. The molecule has 0 saturated carbocycles. The summed E-state index contributed by atoms with van der Waals surface area (Å²) in [6.07, 6.45) is -19.2. The molecule has 1 N–H and O–H groups in total.